The van der Waals surface area contributed by atoms with Crippen LogP contribution in [0.3, 0.4) is 0 Å². The molecule has 0 spiro atoms. The first-order chi connectivity index (χ1) is 6.61. The molecule has 1 aliphatic rings. The Labute approximate surface area is 102 Å². The monoisotopic (exact) mass is 282 g/mol. The second kappa shape index (κ2) is 6.20. The van der Waals surface area contributed by atoms with E-state index in [1.165, 1.54) is 11.1 Å². The first-order valence-corrected chi connectivity index (χ1v) is 10.6. The van der Waals surface area contributed by atoms with Crippen LogP contribution in [0.1, 0.15) is 24.0 Å². The van der Waals surface area contributed by atoms with Crippen LogP contribution in [0.4, 0.5) is 0 Å². The topological polar surface area (TPSA) is 0 Å². The quantitative estimate of drug-likeness (QED) is 0.479. The van der Waals surface area contributed by atoms with Crippen molar-refractivity contribution < 1.29 is 14.7 Å². The summed E-state index contributed by atoms with van der Waals surface area (Å²) in [6.45, 7) is 2.17. The Balaban J connectivity index is 0.000000213. The second-order valence-electron chi connectivity index (χ2n) is 2.88. The number of benzene rings is 1. The maximum absolute atomic E-state index is 4.97. The van der Waals surface area contributed by atoms with Gasteiger partial charge in [-0.3, -0.25) is 6.08 Å². The molecule has 1 aliphatic carbocycles. The van der Waals surface area contributed by atoms with Gasteiger partial charge in [0.15, 0.2) is 0 Å². The third-order valence-corrected chi connectivity index (χ3v) is 1.95. The zero-order chi connectivity index (χ0) is 10.6. The number of hydrogen-bond donors (Lipinski definition) is 0. The van der Waals surface area contributed by atoms with Crippen LogP contribution in [0.2, 0.25) is 0 Å². The van der Waals surface area contributed by atoms with Crippen LogP contribution in [0.15, 0.2) is 24.3 Å². The average Bonchev–Trinajstić information content (AvgIpc) is 2.48. The van der Waals surface area contributed by atoms with Crippen molar-refractivity contribution in [3.05, 3.63) is 41.5 Å². The van der Waals surface area contributed by atoms with E-state index in [1.807, 2.05) is 0 Å². The van der Waals surface area contributed by atoms with Gasteiger partial charge in [-0.1, -0.05) is 31.0 Å². The van der Waals surface area contributed by atoms with Crippen LogP contribution < -0.4 is 0 Å². The molecule has 0 saturated heterocycles. The fourth-order valence-corrected chi connectivity index (χ4v) is 1.34. The summed E-state index contributed by atoms with van der Waals surface area (Å²) >= 11 is -1.92. The van der Waals surface area contributed by atoms with Gasteiger partial charge < -0.3 is 0 Å². The van der Waals surface area contributed by atoms with E-state index in [4.69, 9.17) is 27.9 Å². The molecule has 0 amide bonds. The van der Waals surface area contributed by atoms with Gasteiger partial charge in [-0.25, -0.2) is 6.08 Å². The summed E-state index contributed by atoms with van der Waals surface area (Å²) in [4.78, 5) is 0. The number of fused-ring (bicyclic) bond motifs is 1. The molecular weight excluding hydrogens is 274 g/mol. The molecule has 14 heavy (non-hydrogen) atoms. The fourth-order valence-electron chi connectivity index (χ4n) is 1.34. The van der Waals surface area contributed by atoms with Crippen molar-refractivity contribution in [2.75, 3.05) is 0 Å². The summed E-state index contributed by atoms with van der Waals surface area (Å²) in [5.41, 5.74) is 2.73. The molecule has 0 fully saturated rings. The van der Waals surface area contributed by atoms with Crippen LogP contribution in [0.5, 0.6) is 0 Å². The third kappa shape index (κ3) is 3.96. The number of allylic oxidation sites excluding steroid dienone is 1. The Hall–Kier alpha value is 0.544. The molecule has 1 unspecified atom stereocenters. The van der Waals surface area contributed by atoms with Crippen molar-refractivity contribution in [2.45, 2.75) is 12.8 Å². The summed E-state index contributed by atoms with van der Waals surface area (Å²) in [5, 5.41) is 0. The van der Waals surface area contributed by atoms with Gasteiger partial charge in [0.05, 0.1) is 0 Å². The summed E-state index contributed by atoms with van der Waals surface area (Å²) in [6, 6.07) is 8.44. The predicted molar refractivity (Wildman–Crippen MR) is 60.1 cm³/mol. The van der Waals surface area contributed by atoms with Crippen LogP contribution in [-0.2, 0) is 14.7 Å². The number of rotatable bonds is 0. The van der Waals surface area contributed by atoms with Crippen molar-refractivity contribution in [3.63, 3.8) is 0 Å². The van der Waals surface area contributed by atoms with Gasteiger partial charge in [-0.2, -0.15) is 5.56 Å². The summed E-state index contributed by atoms with van der Waals surface area (Å²) in [7, 11) is 14.9. The van der Waals surface area contributed by atoms with Gasteiger partial charge in [-0.05, 0) is 0 Å². The maximum atomic E-state index is 4.97. The zero-order valence-corrected chi connectivity index (χ0v) is 11.4. The molecule has 0 bridgehead atoms. The average molecular weight is 283 g/mol. The molecule has 0 radical (unpaired) electrons. The van der Waals surface area contributed by atoms with E-state index in [1.54, 1.807) is 0 Å². The van der Waals surface area contributed by atoms with Gasteiger partial charge in [-0.15, -0.1) is 11.6 Å². The number of hydrogen-bond acceptors (Lipinski definition) is 0. The van der Waals surface area contributed by atoms with Crippen molar-refractivity contribution in [1.82, 2.24) is 0 Å². The van der Waals surface area contributed by atoms with Crippen LogP contribution in [0.25, 0.3) is 6.08 Å². The number of halogens is 3. The first kappa shape index (κ1) is 12.6. The van der Waals surface area contributed by atoms with E-state index >= 15 is 0 Å². The van der Waals surface area contributed by atoms with E-state index in [0.29, 0.717) is 5.92 Å². The molecular formula is C10H9Cl3Ti. The predicted octanol–water partition coefficient (Wildman–Crippen LogP) is 4.69. The van der Waals surface area contributed by atoms with Crippen LogP contribution >= 0.6 is 27.9 Å². The normalized spacial score (nSPS) is 17.0. The van der Waals surface area contributed by atoms with E-state index in [9.17, 15) is 0 Å². The Bertz CT molecular complexity index is 320. The molecule has 0 saturated carbocycles. The molecule has 74 valence electrons. The molecule has 1 aromatic rings. The van der Waals surface area contributed by atoms with Crippen molar-refractivity contribution in [2.24, 2.45) is 0 Å². The minimum absolute atomic E-state index is 0.496. The van der Waals surface area contributed by atoms with Gasteiger partial charge in [0, 0.05) is 0 Å². The Morgan fingerprint density at radius 1 is 1.21 bits per heavy atom. The SMILES string of the molecule is CC1[C-]=Cc2ccccc21.[Cl][Ti+]([Cl])[Cl]. The fraction of sp³-hybridized carbons (Fsp3) is 0.200. The summed E-state index contributed by atoms with van der Waals surface area (Å²) < 4.78 is 0. The van der Waals surface area contributed by atoms with Crippen molar-refractivity contribution >= 4 is 34.0 Å². The van der Waals surface area contributed by atoms with E-state index < -0.39 is 14.7 Å². The molecule has 0 heterocycles. The van der Waals surface area contributed by atoms with Crippen molar-refractivity contribution in [3.8, 4) is 0 Å². The molecule has 1 atom stereocenters. The Morgan fingerprint density at radius 3 is 2.36 bits per heavy atom. The zero-order valence-electron chi connectivity index (χ0n) is 7.60. The molecule has 2 rings (SSSR count). The van der Waals surface area contributed by atoms with E-state index in [2.05, 4.69) is 43.3 Å². The van der Waals surface area contributed by atoms with Gasteiger partial charge in [0.25, 0.3) is 0 Å². The molecule has 0 nitrogen and oxygen atoms in total. The third-order valence-electron chi connectivity index (χ3n) is 1.95. The van der Waals surface area contributed by atoms with Crippen LogP contribution in [-0.4, -0.2) is 0 Å². The molecule has 4 heteroatoms. The first-order valence-electron chi connectivity index (χ1n) is 4.13. The molecule has 0 aliphatic heterocycles. The second-order valence-corrected chi connectivity index (χ2v) is 10.6. The minimum atomic E-state index is -1.92. The van der Waals surface area contributed by atoms with E-state index in [0.717, 1.165) is 0 Å². The molecule has 0 aromatic heterocycles. The Morgan fingerprint density at radius 2 is 1.79 bits per heavy atom. The van der Waals surface area contributed by atoms with Gasteiger partial charge in [0.2, 0.25) is 0 Å². The standard InChI is InChI=1S/C10H9.3ClH.Ti/c1-8-6-7-9-4-2-3-5-10(8)9;;;;/h2-5,7-8H,1H3;3*1H;/q-1;;;;+4/p-3. The van der Waals surface area contributed by atoms with Gasteiger partial charge in [0.1, 0.15) is 0 Å². The van der Waals surface area contributed by atoms with E-state index in [-0.39, 0.29) is 0 Å². The summed E-state index contributed by atoms with van der Waals surface area (Å²) in [5.74, 6) is 0.496. The Kier molecular flexibility index (Phi) is 5.58. The summed E-state index contributed by atoms with van der Waals surface area (Å²) in [6.07, 6.45) is 5.33. The molecule has 1 aromatic carbocycles. The van der Waals surface area contributed by atoms with Crippen molar-refractivity contribution in [1.29, 1.82) is 0 Å². The molecule has 0 N–H and O–H groups in total. The van der Waals surface area contributed by atoms with Gasteiger partial charge >= 0.3 is 42.6 Å². The van der Waals surface area contributed by atoms with Crippen LogP contribution in [0, 0.1) is 6.08 Å².